The van der Waals surface area contributed by atoms with Crippen molar-refractivity contribution in [2.45, 2.75) is 19.0 Å². The van der Waals surface area contributed by atoms with E-state index >= 15 is 0 Å². The predicted molar refractivity (Wildman–Crippen MR) is 132 cm³/mol. The molecule has 0 spiro atoms. The number of hydrogen-bond donors (Lipinski definition) is 1. The first-order valence-corrected chi connectivity index (χ1v) is 10.9. The molecule has 5 rings (SSSR count). The lowest BCUT2D eigenvalue weighted by Crippen LogP contribution is -2.30. The first-order chi connectivity index (χ1) is 16.0. The summed E-state index contributed by atoms with van der Waals surface area (Å²) in [5, 5.41) is 15.4. The Labute approximate surface area is 196 Å². The number of nitro groups is 1. The molecule has 7 nitrogen and oxygen atoms in total. The van der Waals surface area contributed by atoms with Crippen LogP contribution in [-0.4, -0.2) is 19.6 Å². The highest BCUT2D eigenvalue weighted by molar-refractivity contribution is 7.80. The number of aryl methyl sites for hydroxylation is 1. The van der Waals surface area contributed by atoms with Gasteiger partial charge in [-0.05, 0) is 67.2 Å². The van der Waals surface area contributed by atoms with Gasteiger partial charge in [0.2, 0.25) is 0 Å². The van der Waals surface area contributed by atoms with E-state index in [0.29, 0.717) is 10.8 Å². The van der Waals surface area contributed by atoms with Gasteiger partial charge in [0.1, 0.15) is 6.04 Å². The zero-order chi connectivity index (χ0) is 22.9. The number of nitrogens with one attached hydrogen (secondary N) is 1. The molecule has 4 aromatic rings. The minimum atomic E-state index is -0.380. The monoisotopic (exact) mass is 455 g/mol. The van der Waals surface area contributed by atoms with Crippen LogP contribution in [0, 0.1) is 17.0 Å². The number of nitrogens with zero attached hydrogens (tertiary/aromatic N) is 4. The molecule has 2 aromatic heterocycles. The molecule has 0 unspecified atom stereocenters. The molecule has 2 atom stereocenters. The Hall–Kier alpha value is -4.04. The largest absolute Gasteiger partial charge is 0.351 e. The minimum absolute atomic E-state index is 0.0454. The van der Waals surface area contributed by atoms with Gasteiger partial charge in [-0.25, -0.2) is 0 Å². The molecule has 0 aliphatic carbocycles. The molecule has 1 N–H and O–H groups in total. The molecule has 1 aliphatic rings. The van der Waals surface area contributed by atoms with Gasteiger partial charge in [-0.2, -0.15) is 0 Å². The topological polar surface area (TPSA) is 76.2 Å². The summed E-state index contributed by atoms with van der Waals surface area (Å²) in [5.41, 5.74) is 4.67. The first kappa shape index (κ1) is 20.8. The van der Waals surface area contributed by atoms with Crippen molar-refractivity contribution < 1.29 is 4.92 Å². The van der Waals surface area contributed by atoms with Crippen molar-refractivity contribution in [2.75, 3.05) is 4.90 Å². The van der Waals surface area contributed by atoms with Crippen molar-refractivity contribution >= 4 is 28.7 Å². The molecule has 3 heterocycles. The SMILES string of the molecule is Cc1cccc(N2C(=S)N[C@H](c3ccccn3)[C@@H]2c2cccn2-c2cccc([N+](=O)[O-])c2)c1. The van der Waals surface area contributed by atoms with Gasteiger partial charge < -0.3 is 14.8 Å². The van der Waals surface area contributed by atoms with Crippen LogP contribution in [0.1, 0.15) is 29.0 Å². The normalized spacial score (nSPS) is 17.7. The lowest BCUT2D eigenvalue weighted by Gasteiger charge is -2.29. The van der Waals surface area contributed by atoms with E-state index in [1.165, 1.54) is 6.07 Å². The van der Waals surface area contributed by atoms with Gasteiger partial charge in [-0.3, -0.25) is 15.1 Å². The van der Waals surface area contributed by atoms with Crippen LogP contribution in [0.4, 0.5) is 11.4 Å². The summed E-state index contributed by atoms with van der Waals surface area (Å²) >= 11 is 5.80. The van der Waals surface area contributed by atoms with Gasteiger partial charge in [0.15, 0.2) is 5.11 Å². The van der Waals surface area contributed by atoms with E-state index in [1.54, 1.807) is 18.3 Å². The quantitative estimate of drug-likeness (QED) is 0.251. The molecule has 0 amide bonds. The molecule has 8 heteroatoms. The number of nitro benzene ring substituents is 1. The lowest BCUT2D eigenvalue weighted by atomic mass is 10.0. The van der Waals surface area contributed by atoms with Crippen LogP contribution < -0.4 is 10.2 Å². The summed E-state index contributed by atoms with van der Waals surface area (Å²) < 4.78 is 1.98. The molecule has 0 bridgehead atoms. The van der Waals surface area contributed by atoms with E-state index in [1.807, 2.05) is 72.3 Å². The summed E-state index contributed by atoms with van der Waals surface area (Å²) in [6.07, 6.45) is 3.69. The summed E-state index contributed by atoms with van der Waals surface area (Å²) in [4.78, 5) is 17.7. The summed E-state index contributed by atoms with van der Waals surface area (Å²) in [6.45, 7) is 2.05. The van der Waals surface area contributed by atoms with Gasteiger partial charge in [0.05, 0.1) is 22.3 Å². The lowest BCUT2D eigenvalue weighted by molar-refractivity contribution is -0.384. The average molecular weight is 456 g/mol. The molecule has 1 aliphatic heterocycles. The highest BCUT2D eigenvalue weighted by atomic mass is 32.1. The van der Waals surface area contributed by atoms with Crippen LogP contribution >= 0.6 is 12.2 Å². The Kier molecular flexibility index (Phi) is 5.35. The summed E-state index contributed by atoms with van der Waals surface area (Å²) in [7, 11) is 0. The third kappa shape index (κ3) is 3.85. The molecule has 2 aromatic carbocycles. The van der Waals surface area contributed by atoms with Crippen molar-refractivity contribution in [2.24, 2.45) is 0 Å². The van der Waals surface area contributed by atoms with Crippen LogP contribution in [0.15, 0.2) is 91.3 Å². The number of hydrogen-bond acceptors (Lipinski definition) is 4. The zero-order valence-electron chi connectivity index (χ0n) is 17.8. The van der Waals surface area contributed by atoms with Crippen molar-refractivity contribution in [3.8, 4) is 5.69 Å². The molecular weight excluding hydrogens is 434 g/mol. The first-order valence-electron chi connectivity index (χ1n) is 10.5. The van der Waals surface area contributed by atoms with E-state index in [-0.39, 0.29) is 22.7 Å². The Bertz CT molecular complexity index is 1340. The fourth-order valence-electron chi connectivity index (χ4n) is 4.34. The van der Waals surface area contributed by atoms with Gasteiger partial charge in [-0.15, -0.1) is 0 Å². The molecule has 1 fully saturated rings. The van der Waals surface area contributed by atoms with Gasteiger partial charge in [0, 0.05) is 35.9 Å². The van der Waals surface area contributed by atoms with E-state index in [2.05, 4.69) is 21.3 Å². The van der Waals surface area contributed by atoms with E-state index in [9.17, 15) is 10.1 Å². The van der Waals surface area contributed by atoms with E-state index in [0.717, 1.165) is 22.6 Å². The third-order valence-corrected chi connectivity index (χ3v) is 6.09. The third-order valence-electron chi connectivity index (χ3n) is 5.78. The van der Waals surface area contributed by atoms with Crippen LogP contribution in [0.5, 0.6) is 0 Å². The van der Waals surface area contributed by atoms with Crippen LogP contribution in [-0.2, 0) is 0 Å². The standard InChI is InChI=1S/C25H21N5O2S/c1-17-7-4-9-19(15-17)29-24(23(27-25(29)33)21-11-2-3-13-26-21)22-12-6-14-28(22)18-8-5-10-20(16-18)30(31)32/h2-16,23-24H,1H3,(H,27,33)/t23-,24+/m1/s1. The maximum absolute atomic E-state index is 11.4. The minimum Gasteiger partial charge on any atom is -0.351 e. The predicted octanol–water partition coefficient (Wildman–Crippen LogP) is 5.27. The number of benzene rings is 2. The molecule has 1 saturated heterocycles. The van der Waals surface area contributed by atoms with Gasteiger partial charge >= 0.3 is 0 Å². The fraction of sp³-hybridized carbons (Fsp3) is 0.120. The van der Waals surface area contributed by atoms with Crippen molar-refractivity contribution in [1.82, 2.24) is 14.9 Å². The Balaban J connectivity index is 1.67. The van der Waals surface area contributed by atoms with Crippen molar-refractivity contribution in [1.29, 1.82) is 0 Å². The van der Waals surface area contributed by atoms with E-state index < -0.39 is 0 Å². The summed E-state index contributed by atoms with van der Waals surface area (Å²) in [5.74, 6) is 0. The van der Waals surface area contributed by atoms with Crippen LogP contribution in [0.3, 0.4) is 0 Å². The molecule has 164 valence electrons. The highest BCUT2D eigenvalue weighted by Gasteiger charge is 2.42. The zero-order valence-corrected chi connectivity index (χ0v) is 18.6. The number of thiocarbonyl (C=S) groups is 1. The van der Waals surface area contributed by atoms with Crippen LogP contribution in [0.25, 0.3) is 5.69 Å². The number of aromatic nitrogens is 2. The number of rotatable bonds is 5. The fourth-order valence-corrected chi connectivity index (χ4v) is 4.68. The second-order valence-corrected chi connectivity index (χ2v) is 8.30. The average Bonchev–Trinajstić information content (AvgIpc) is 3.44. The second kappa shape index (κ2) is 8.48. The number of non-ortho nitro benzene ring substituents is 1. The van der Waals surface area contributed by atoms with E-state index in [4.69, 9.17) is 12.2 Å². The molecule has 33 heavy (non-hydrogen) atoms. The molecular formula is C25H21N5O2S. The molecule has 0 saturated carbocycles. The Morgan fingerprint density at radius 1 is 1.00 bits per heavy atom. The number of anilines is 1. The Morgan fingerprint density at radius 2 is 1.82 bits per heavy atom. The van der Waals surface area contributed by atoms with Crippen LogP contribution in [0.2, 0.25) is 0 Å². The van der Waals surface area contributed by atoms with Gasteiger partial charge in [0.25, 0.3) is 5.69 Å². The maximum Gasteiger partial charge on any atom is 0.271 e. The van der Waals surface area contributed by atoms with Crippen molar-refractivity contribution in [3.05, 3.63) is 118 Å². The smallest absolute Gasteiger partial charge is 0.271 e. The highest BCUT2D eigenvalue weighted by Crippen LogP contribution is 2.42. The second-order valence-electron chi connectivity index (χ2n) is 7.92. The number of pyridine rings is 1. The van der Waals surface area contributed by atoms with Crippen molar-refractivity contribution in [3.63, 3.8) is 0 Å². The maximum atomic E-state index is 11.4. The van der Waals surface area contributed by atoms with Gasteiger partial charge in [-0.1, -0.05) is 24.3 Å². The summed E-state index contributed by atoms with van der Waals surface area (Å²) in [6, 6.07) is 24.2. The Morgan fingerprint density at radius 3 is 2.58 bits per heavy atom. The molecule has 0 radical (unpaired) electrons.